The molecule has 142 valence electrons. The van der Waals surface area contributed by atoms with E-state index < -0.39 is 0 Å². The van der Waals surface area contributed by atoms with Crippen LogP contribution in [-0.2, 0) is 4.74 Å². The summed E-state index contributed by atoms with van der Waals surface area (Å²) in [5.41, 5.74) is 0.750. The Morgan fingerprint density at radius 3 is 2.33 bits per heavy atom. The van der Waals surface area contributed by atoms with E-state index in [0.717, 1.165) is 47.1 Å². The minimum absolute atomic E-state index is 0.0998. The minimum Gasteiger partial charge on any atom is -0.378 e. The molecule has 2 saturated heterocycles. The van der Waals surface area contributed by atoms with Crippen molar-refractivity contribution in [3.63, 3.8) is 0 Å². The Morgan fingerprint density at radius 2 is 1.63 bits per heavy atom. The Kier molecular flexibility index (Phi) is 5.72. The number of benzene rings is 1. The molecule has 0 bridgehead atoms. The van der Waals surface area contributed by atoms with E-state index in [-0.39, 0.29) is 5.91 Å². The van der Waals surface area contributed by atoms with Crippen LogP contribution in [0.2, 0.25) is 0 Å². The lowest BCUT2D eigenvalue weighted by atomic mass is 10.2. The average molecular weight is 479 g/mol. The summed E-state index contributed by atoms with van der Waals surface area (Å²) in [7, 11) is 0. The first-order valence-corrected chi connectivity index (χ1v) is 10.2. The molecule has 2 aliphatic heterocycles. The van der Waals surface area contributed by atoms with Crippen molar-refractivity contribution in [2.45, 2.75) is 0 Å². The number of carbonyl (C=O) groups excluding carboxylic acids is 1. The molecule has 0 radical (unpaired) electrons. The Hall–Kier alpha value is -1.94. The molecule has 2 fully saturated rings. The first-order chi connectivity index (χ1) is 13.2. The molecule has 4 rings (SSSR count). The standard InChI is InChI=1S/C19H22IN5O2/c20-16-3-1-15(2-4-16)18(26)24-9-7-23(8-10-24)17-5-6-21-19(22-17)25-11-13-27-14-12-25/h1-6H,7-14H2. The van der Waals surface area contributed by atoms with Gasteiger partial charge in [-0.2, -0.15) is 4.98 Å². The van der Waals surface area contributed by atoms with Gasteiger partial charge in [-0.3, -0.25) is 4.79 Å². The fourth-order valence-electron chi connectivity index (χ4n) is 3.34. The maximum atomic E-state index is 12.7. The van der Waals surface area contributed by atoms with Crippen LogP contribution in [0.3, 0.4) is 0 Å². The predicted octanol–water partition coefficient (Wildman–Crippen LogP) is 1.88. The van der Waals surface area contributed by atoms with Crippen LogP contribution in [0.1, 0.15) is 10.4 Å². The lowest BCUT2D eigenvalue weighted by Gasteiger charge is -2.36. The van der Waals surface area contributed by atoms with E-state index in [0.29, 0.717) is 26.3 Å². The highest BCUT2D eigenvalue weighted by atomic mass is 127. The Balaban J connectivity index is 1.39. The molecule has 7 nitrogen and oxygen atoms in total. The topological polar surface area (TPSA) is 61.8 Å². The van der Waals surface area contributed by atoms with Gasteiger partial charge < -0.3 is 19.4 Å². The van der Waals surface area contributed by atoms with Gasteiger partial charge in [-0.05, 0) is 52.9 Å². The number of halogens is 1. The Labute approximate surface area is 172 Å². The van der Waals surface area contributed by atoms with Gasteiger partial charge in [0.2, 0.25) is 5.95 Å². The van der Waals surface area contributed by atoms with E-state index in [4.69, 9.17) is 9.72 Å². The van der Waals surface area contributed by atoms with Gasteiger partial charge in [0.15, 0.2) is 0 Å². The van der Waals surface area contributed by atoms with Gasteiger partial charge in [0.05, 0.1) is 13.2 Å². The number of rotatable bonds is 3. The first-order valence-electron chi connectivity index (χ1n) is 9.16. The highest BCUT2D eigenvalue weighted by Crippen LogP contribution is 2.19. The van der Waals surface area contributed by atoms with Crippen LogP contribution in [0.25, 0.3) is 0 Å². The smallest absolute Gasteiger partial charge is 0.253 e. The minimum atomic E-state index is 0.0998. The zero-order valence-corrected chi connectivity index (χ0v) is 17.2. The monoisotopic (exact) mass is 479 g/mol. The van der Waals surface area contributed by atoms with Crippen molar-refractivity contribution < 1.29 is 9.53 Å². The van der Waals surface area contributed by atoms with Gasteiger partial charge in [0.25, 0.3) is 5.91 Å². The van der Waals surface area contributed by atoms with Gasteiger partial charge in [-0.25, -0.2) is 4.98 Å². The van der Waals surface area contributed by atoms with Gasteiger partial charge in [0, 0.05) is 54.6 Å². The third-order valence-electron chi connectivity index (χ3n) is 4.90. The second-order valence-corrected chi connectivity index (χ2v) is 7.85. The maximum absolute atomic E-state index is 12.7. The summed E-state index contributed by atoms with van der Waals surface area (Å²) >= 11 is 2.25. The fraction of sp³-hybridized carbons (Fsp3) is 0.421. The molecular weight excluding hydrogens is 457 g/mol. The van der Waals surface area contributed by atoms with Crippen molar-refractivity contribution in [2.24, 2.45) is 0 Å². The Morgan fingerprint density at radius 1 is 0.926 bits per heavy atom. The average Bonchev–Trinajstić information content (AvgIpc) is 2.75. The molecule has 0 spiro atoms. The third-order valence-corrected chi connectivity index (χ3v) is 5.62. The molecule has 0 N–H and O–H groups in total. The van der Waals surface area contributed by atoms with Gasteiger partial charge in [-0.15, -0.1) is 0 Å². The molecule has 0 atom stereocenters. The van der Waals surface area contributed by atoms with Crippen LogP contribution in [-0.4, -0.2) is 73.3 Å². The van der Waals surface area contributed by atoms with Crippen LogP contribution in [0.5, 0.6) is 0 Å². The quantitative estimate of drug-likeness (QED) is 0.627. The van der Waals surface area contributed by atoms with Crippen LogP contribution in [0, 0.1) is 3.57 Å². The molecule has 0 unspecified atom stereocenters. The van der Waals surface area contributed by atoms with E-state index in [1.54, 1.807) is 0 Å². The van der Waals surface area contributed by atoms with Gasteiger partial charge >= 0.3 is 0 Å². The molecule has 2 aliphatic rings. The van der Waals surface area contributed by atoms with Gasteiger partial charge in [0.1, 0.15) is 5.82 Å². The normalized spacial score (nSPS) is 17.9. The van der Waals surface area contributed by atoms with Crippen molar-refractivity contribution in [3.05, 3.63) is 45.7 Å². The Bertz CT molecular complexity index is 787. The van der Waals surface area contributed by atoms with Crippen molar-refractivity contribution in [1.29, 1.82) is 0 Å². The zero-order valence-electron chi connectivity index (χ0n) is 15.1. The van der Waals surface area contributed by atoms with Gasteiger partial charge in [-0.1, -0.05) is 0 Å². The number of morpholine rings is 1. The van der Waals surface area contributed by atoms with Crippen LogP contribution < -0.4 is 9.80 Å². The summed E-state index contributed by atoms with van der Waals surface area (Å²) in [5, 5.41) is 0. The summed E-state index contributed by atoms with van der Waals surface area (Å²) in [6, 6.07) is 9.68. The lowest BCUT2D eigenvalue weighted by molar-refractivity contribution is 0.0746. The zero-order chi connectivity index (χ0) is 18.6. The van der Waals surface area contributed by atoms with Crippen molar-refractivity contribution >= 4 is 40.3 Å². The summed E-state index contributed by atoms with van der Waals surface area (Å²) in [5.74, 6) is 1.78. The molecule has 1 aromatic heterocycles. The van der Waals surface area contributed by atoms with E-state index in [1.165, 1.54) is 0 Å². The second kappa shape index (κ2) is 8.39. The number of hydrogen-bond donors (Lipinski definition) is 0. The SMILES string of the molecule is O=C(c1ccc(I)cc1)N1CCN(c2ccnc(N3CCOCC3)n2)CC1. The third kappa shape index (κ3) is 4.32. The second-order valence-electron chi connectivity index (χ2n) is 6.60. The van der Waals surface area contributed by atoms with E-state index in [9.17, 15) is 4.79 Å². The molecule has 1 amide bonds. The van der Waals surface area contributed by atoms with Crippen LogP contribution in [0.4, 0.5) is 11.8 Å². The molecule has 2 aromatic rings. The van der Waals surface area contributed by atoms with Crippen molar-refractivity contribution in [2.75, 3.05) is 62.3 Å². The number of hydrogen-bond acceptors (Lipinski definition) is 6. The highest BCUT2D eigenvalue weighted by Gasteiger charge is 2.23. The summed E-state index contributed by atoms with van der Waals surface area (Å²) < 4.78 is 6.53. The number of carbonyl (C=O) groups is 1. The molecule has 1 aromatic carbocycles. The number of aromatic nitrogens is 2. The number of anilines is 2. The number of ether oxygens (including phenoxy) is 1. The highest BCUT2D eigenvalue weighted by molar-refractivity contribution is 14.1. The number of piperazine rings is 1. The summed E-state index contributed by atoms with van der Waals surface area (Å²) in [6.45, 7) is 6.01. The lowest BCUT2D eigenvalue weighted by Crippen LogP contribution is -2.49. The van der Waals surface area contributed by atoms with E-state index >= 15 is 0 Å². The molecule has 0 saturated carbocycles. The molecule has 27 heavy (non-hydrogen) atoms. The summed E-state index contributed by atoms with van der Waals surface area (Å²) in [4.78, 5) is 28.1. The number of amides is 1. The van der Waals surface area contributed by atoms with Crippen molar-refractivity contribution in [1.82, 2.24) is 14.9 Å². The fourth-order valence-corrected chi connectivity index (χ4v) is 3.70. The molecule has 8 heteroatoms. The number of nitrogens with zero attached hydrogens (tertiary/aromatic N) is 5. The molecule has 3 heterocycles. The molecular formula is C19H22IN5O2. The summed E-state index contributed by atoms with van der Waals surface area (Å²) in [6.07, 6.45) is 1.82. The van der Waals surface area contributed by atoms with E-state index in [1.807, 2.05) is 41.4 Å². The molecule has 0 aliphatic carbocycles. The van der Waals surface area contributed by atoms with Crippen molar-refractivity contribution in [3.8, 4) is 0 Å². The maximum Gasteiger partial charge on any atom is 0.253 e. The predicted molar refractivity (Wildman–Crippen MR) is 112 cm³/mol. The largest absolute Gasteiger partial charge is 0.378 e. The first kappa shape index (κ1) is 18.4. The van der Waals surface area contributed by atoms with E-state index in [2.05, 4.69) is 37.4 Å². The van der Waals surface area contributed by atoms with Crippen LogP contribution in [0.15, 0.2) is 36.5 Å². The van der Waals surface area contributed by atoms with Crippen LogP contribution >= 0.6 is 22.6 Å².